The number of unbranched alkanes of at least 4 members (excludes halogenated alkanes) is 2. The molecule has 1 fully saturated rings. The number of nitrogens with two attached hydrogens (primary N) is 2. The minimum Gasteiger partial charge on any atom is -0.330 e. The zero-order valence-electron chi connectivity index (χ0n) is 12.3. The molecule has 5 heteroatoms. The van der Waals surface area contributed by atoms with Crippen LogP contribution >= 0.6 is 11.8 Å². The molecule has 0 saturated heterocycles. The van der Waals surface area contributed by atoms with Crippen LogP contribution < -0.4 is 11.5 Å². The van der Waals surface area contributed by atoms with Crippen molar-refractivity contribution in [2.75, 3.05) is 12.3 Å². The lowest BCUT2D eigenvalue weighted by molar-refractivity contribution is -0.124. The van der Waals surface area contributed by atoms with Crippen molar-refractivity contribution in [1.29, 1.82) is 0 Å². The van der Waals surface area contributed by atoms with E-state index in [2.05, 4.69) is 0 Å². The van der Waals surface area contributed by atoms with Gasteiger partial charge in [-0.25, -0.2) is 0 Å². The van der Waals surface area contributed by atoms with Gasteiger partial charge in [0.15, 0.2) is 10.9 Å². The molecule has 4 nitrogen and oxygen atoms in total. The van der Waals surface area contributed by atoms with E-state index in [0.717, 1.165) is 44.9 Å². The molecule has 0 radical (unpaired) electrons. The Labute approximate surface area is 126 Å². The van der Waals surface area contributed by atoms with E-state index in [1.54, 1.807) is 0 Å². The Bertz CT molecular complexity index is 304. The van der Waals surface area contributed by atoms with Crippen LogP contribution in [0.15, 0.2) is 0 Å². The normalized spacial score (nSPS) is 17.9. The molecule has 0 bridgehead atoms. The van der Waals surface area contributed by atoms with Gasteiger partial charge in [-0.15, -0.1) is 0 Å². The number of carbonyl (C=O) groups is 2. The third-order valence-corrected chi connectivity index (χ3v) is 4.93. The SMILES string of the molecule is NCCCCCC(=O)SC[C@H](N)C(=O)C1CCCCC1. The van der Waals surface area contributed by atoms with Gasteiger partial charge in [0.2, 0.25) is 0 Å². The van der Waals surface area contributed by atoms with Crippen LogP contribution in [0.25, 0.3) is 0 Å². The van der Waals surface area contributed by atoms with Crippen LogP contribution in [0.4, 0.5) is 0 Å². The van der Waals surface area contributed by atoms with E-state index < -0.39 is 6.04 Å². The second-order valence-electron chi connectivity index (χ2n) is 5.63. The van der Waals surface area contributed by atoms with Crippen LogP contribution in [0.2, 0.25) is 0 Å². The lowest BCUT2D eigenvalue weighted by atomic mass is 9.84. The predicted octanol–water partition coefficient (Wildman–Crippen LogP) is 2.24. The topological polar surface area (TPSA) is 86.2 Å². The Morgan fingerprint density at radius 1 is 1.10 bits per heavy atom. The monoisotopic (exact) mass is 300 g/mol. The number of hydrogen-bond acceptors (Lipinski definition) is 5. The predicted molar refractivity (Wildman–Crippen MR) is 84.5 cm³/mol. The second-order valence-corrected chi connectivity index (χ2v) is 6.70. The maximum Gasteiger partial charge on any atom is 0.189 e. The Hall–Kier alpha value is -0.390. The quantitative estimate of drug-likeness (QED) is 0.638. The van der Waals surface area contributed by atoms with Crippen LogP contribution in [0.5, 0.6) is 0 Å². The van der Waals surface area contributed by atoms with Crippen molar-refractivity contribution in [2.24, 2.45) is 17.4 Å². The summed E-state index contributed by atoms with van der Waals surface area (Å²) in [5.41, 5.74) is 11.3. The summed E-state index contributed by atoms with van der Waals surface area (Å²) in [7, 11) is 0. The Balaban J connectivity index is 2.16. The van der Waals surface area contributed by atoms with Crippen LogP contribution in [0.3, 0.4) is 0 Å². The lowest BCUT2D eigenvalue weighted by Gasteiger charge is -2.23. The first-order valence-electron chi connectivity index (χ1n) is 7.80. The van der Waals surface area contributed by atoms with Gasteiger partial charge in [-0.05, 0) is 32.2 Å². The van der Waals surface area contributed by atoms with Crippen LogP contribution in [0.1, 0.15) is 57.8 Å². The van der Waals surface area contributed by atoms with Crippen molar-refractivity contribution in [3.05, 3.63) is 0 Å². The molecule has 116 valence electrons. The summed E-state index contributed by atoms with van der Waals surface area (Å²) in [4.78, 5) is 23.8. The molecule has 1 saturated carbocycles. The minimum absolute atomic E-state index is 0.138. The number of thioether (sulfide) groups is 1. The van der Waals surface area contributed by atoms with Crippen molar-refractivity contribution in [3.8, 4) is 0 Å². The zero-order chi connectivity index (χ0) is 14.8. The van der Waals surface area contributed by atoms with E-state index in [0.29, 0.717) is 18.7 Å². The number of ketones is 1. The van der Waals surface area contributed by atoms with Gasteiger partial charge in [-0.3, -0.25) is 9.59 Å². The Morgan fingerprint density at radius 2 is 1.80 bits per heavy atom. The zero-order valence-corrected chi connectivity index (χ0v) is 13.1. The molecule has 0 heterocycles. The standard InChI is InChI=1S/C15H28N2O2S/c16-10-6-2-5-9-14(18)20-11-13(17)15(19)12-7-3-1-4-8-12/h12-13H,1-11,16-17H2/t13-/m0/s1. The fourth-order valence-electron chi connectivity index (χ4n) is 2.62. The molecule has 0 amide bonds. The highest BCUT2D eigenvalue weighted by Crippen LogP contribution is 2.25. The third kappa shape index (κ3) is 6.86. The van der Waals surface area contributed by atoms with Crippen molar-refractivity contribution in [2.45, 2.75) is 63.8 Å². The van der Waals surface area contributed by atoms with E-state index in [1.807, 2.05) is 0 Å². The third-order valence-electron chi connectivity index (χ3n) is 3.88. The van der Waals surface area contributed by atoms with Crippen molar-refractivity contribution < 1.29 is 9.59 Å². The van der Waals surface area contributed by atoms with E-state index in [4.69, 9.17) is 11.5 Å². The van der Waals surface area contributed by atoms with Crippen LogP contribution in [0, 0.1) is 5.92 Å². The van der Waals surface area contributed by atoms with Gasteiger partial charge >= 0.3 is 0 Å². The average Bonchev–Trinajstić information content (AvgIpc) is 2.49. The summed E-state index contributed by atoms with van der Waals surface area (Å²) in [5.74, 6) is 0.734. The average molecular weight is 300 g/mol. The molecule has 1 aliphatic rings. The van der Waals surface area contributed by atoms with Crippen LogP contribution in [-0.4, -0.2) is 29.2 Å². The number of carbonyl (C=O) groups excluding carboxylic acids is 2. The van der Waals surface area contributed by atoms with Gasteiger partial charge in [0.05, 0.1) is 6.04 Å². The number of Topliss-reactive ketones (excluding diaryl/α,β-unsaturated/α-hetero) is 1. The maximum atomic E-state index is 12.1. The van der Waals surface area contributed by atoms with Gasteiger partial charge in [0, 0.05) is 18.1 Å². The summed E-state index contributed by atoms with van der Waals surface area (Å²) in [6.07, 6.45) is 8.87. The smallest absolute Gasteiger partial charge is 0.189 e. The van der Waals surface area contributed by atoms with Crippen molar-refractivity contribution in [1.82, 2.24) is 0 Å². The van der Waals surface area contributed by atoms with E-state index in [9.17, 15) is 9.59 Å². The molecular formula is C15H28N2O2S. The molecule has 0 unspecified atom stereocenters. The van der Waals surface area contributed by atoms with E-state index >= 15 is 0 Å². The highest BCUT2D eigenvalue weighted by atomic mass is 32.2. The highest BCUT2D eigenvalue weighted by molar-refractivity contribution is 8.13. The molecule has 4 N–H and O–H groups in total. The largest absolute Gasteiger partial charge is 0.330 e. The molecular weight excluding hydrogens is 272 g/mol. The number of hydrogen-bond donors (Lipinski definition) is 2. The molecule has 20 heavy (non-hydrogen) atoms. The molecule has 0 aromatic carbocycles. The van der Waals surface area contributed by atoms with E-state index in [-0.39, 0.29) is 16.8 Å². The van der Waals surface area contributed by atoms with Crippen LogP contribution in [-0.2, 0) is 9.59 Å². The first kappa shape index (κ1) is 17.7. The molecule has 0 aromatic rings. The summed E-state index contributed by atoms with van der Waals surface area (Å²) in [5, 5.41) is 0.147. The van der Waals surface area contributed by atoms with Gasteiger partial charge in [-0.1, -0.05) is 37.4 Å². The first-order chi connectivity index (χ1) is 9.65. The van der Waals surface area contributed by atoms with Crippen molar-refractivity contribution in [3.63, 3.8) is 0 Å². The van der Waals surface area contributed by atoms with Gasteiger partial charge in [0.1, 0.15) is 0 Å². The van der Waals surface area contributed by atoms with Gasteiger partial charge < -0.3 is 11.5 Å². The van der Waals surface area contributed by atoms with E-state index in [1.165, 1.54) is 18.2 Å². The first-order valence-corrected chi connectivity index (χ1v) is 8.78. The van der Waals surface area contributed by atoms with Gasteiger partial charge in [0.25, 0.3) is 0 Å². The molecule has 0 aromatic heterocycles. The molecule has 1 aliphatic carbocycles. The second kappa shape index (κ2) is 10.4. The molecule has 1 rings (SSSR count). The molecule has 0 spiro atoms. The minimum atomic E-state index is -0.476. The Kier molecular flexibility index (Phi) is 9.14. The fraction of sp³-hybridized carbons (Fsp3) is 0.867. The molecule has 1 atom stereocenters. The fourth-order valence-corrected chi connectivity index (χ4v) is 3.44. The summed E-state index contributed by atoms with van der Waals surface area (Å²) < 4.78 is 0. The summed E-state index contributed by atoms with van der Waals surface area (Å²) in [6, 6.07) is -0.476. The maximum absolute atomic E-state index is 12.1. The highest BCUT2D eigenvalue weighted by Gasteiger charge is 2.26. The van der Waals surface area contributed by atoms with Gasteiger partial charge in [-0.2, -0.15) is 0 Å². The lowest BCUT2D eigenvalue weighted by Crippen LogP contribution is -2.38. The number of rotatable bonds is 9. The molecule has 0 aliphatic heterocycles. The summed E-state index contributed by atoms with van der Waals surface area (Å²) >= 11 is 1.22. The Morgan fingerprint density at radius 3 is 2.45 bits per heavy atom. The summed E-state index contributed by atoms with van der Waals surface area (Å²) in [6.45, 7) is 0.683. The van der Waals surface area contributed by atoms with Crippen molar-refractivity contribution >= 4 is 22.7 Å².